The Balaban J connectivity index is 1.52. The number of pyridine rings is 2. The van der Waals surface area contributed by atoms with Crippen LogP contribution in [0.25, 0.3) is 11.5 Å². The third-order valence-electron chi connectivity index (χ3n) is 6.85. The van der Waals surface area contributed by atoms with Gasteiger partial charge in [-0.05, 0) is 58.7 Å². The molecular weight excluding hydrogens is 416 g/mol. The number of carbonyl (C=O) groups excluding carboxylic acids is 1. The predicted molar refractivity (Wildman–Crippen MR) is 127 cm³/mol. The van der Waals surface area contributed by atoms with Gasteiger partial charge in [-0.15, -0.1) is 10.2 Å². The number of fused-ring (bicyclic) bond motifs is 1. The van der Waals surface area contributed by atoms with E-state index in [4.69, 9.17) is 15.7 Å². The molecule has 2 N–H and O–H groups in total. The van der Waals surface area contributed by atoms with E-state index in [0.717, 1.165) is 48.8 Å². The van der Waals surface area contributed by atoms with Gasteiger partial charge in [0, 0.05) is 30.7 Å². The Bertz CT molecular complexity index is 1230. The summed E-state index contributed by atoms with van der Waals surface area (Å²) in [7, 11) is 0. The third-order valence-corrected chi connectivity index (χ3v) is 6.85. The van der Waals surface area contributed by atoms with Crippen molar-refractivity contribution < 1.29 is 4.79 Å². The summed E-state index contributed by atoms with van der Waals surface area (Å²) in [4.78, 5) is 27.2. The molecule has 3 aromatic rings. The van der Waals surface area contributed by atoms with Gasteiger partial charge in [0.15, 0.2) is 5.82 Å². The lowest BCUT2D eigenvalue weighted by atomic mass is 10.0. The Morgan fingerprint density at radius 1 is 1.15 bits per heavy atom. The van der Waals surface area contributed by atoms with E-state index in [1.807, 2.05) is 42.7 Å². The summed E-state index contributed by atoms with van der Waals surface area (Å²) in [6, 6.07) is 7.59. The third kappa shape index (κ3) is 3.47. The molecule has 0 aromatic carbocycles. The van der Waals surface area contributed by atoms with Gasteiger partial charge in [0.2, 0.25) is 0 Å². The number of hydrogen-bond donors (Lipinski definition) is 1. The van der Waals surface area contributed by atoms with Crippen LogP contribution in [0.5, 0.6) is 0 Å². The molecule has 0 bridgehead atoms. The first-order valence-electron chi connectivity index (χ1n) is 11.5. The zero-order chi connectivity index (χ0) is 23.3. The molecule has 0 atom stereocenters. The minimum Gasteiger partial charge on any atom is -0.351 e. The molecule has 9 nitrogen and oxygen atoms in total. The fourth-order valence-corrected chi connectivity index (χ4v) is 5.02. The first kappa shape index (κ1) is 21.5. The molecule has 172 valence electrons. The molecular formula is C24H30N8O. The molecule has 0 aliphatic carbocycles. The molecule has 33 heavy (non-hydrogen) atoms. The maximum atomic E-state index is 13.5. The van der Waals surface area contributed by atoms with Gasteiger partial charge in [0.05, 0.1) is 17.8 Å². The van der Waals surface area contributed by atoms with Gasteiger partial charge in [-0.25, -0.2) is 9.97 Å². The number of hydrogen-bond acceptors (Lipinski definition) is 7. The van der Waals surface area contributed by atoms with Crippen LogP contribution in [0.3, 0.4) is 0 Å². The summed E-state index contributed by atoms with van der Waals surface area (Å²) in [6.45, 7) is 10.8. The highest BCUT2D eigenvalue weighted by Gasteiger charge is 2.37. The van der Waals surface area contributed by atoms with Gasteiger partial charge in [0.25, 0.3) is 5.91 Å². The molecule has 2 aliphatic rings. The van der Waals surface area contributed by atoms with E-state index in [1.165, 1.54) is 0 Å². The van der Waals surface area contributed by atoms with Crippen LogP contribution < -0.4 is 15.5 Å². The van der Waals surface area contributed by atoms with Crippen molar-refractivity contribution in [2.24, 2.45) is 5.73 Å². The monoisotopic (exact) mass is 446 g/mol. The van der Waals surface area contributed by atoms with E-state index in [1.54, 1.807) is 4.90 Å². The molecule has 3 aromatic heterocycles. The molecule has 5 heterocycles. The summed E-state index contributed by atoms with van der Waals surface area (Å²) < 4.78 is 2.01. The summed E-state index contributed by atoms with van der Waals surface area (Å²) in [6.07, 6.45) is 2.21. The molecule has 0 spiro atoms. The molecule has 0 saturated carbocycles. The van der Waals surface area contributed by atoms with Gasteiger partial charge < -0.3 is 15.2 Å². The number of nitrogens with two attached hydrogens (primary N) is 1. The minimum atomic E-state index is -0.0712. The molecule has 1 fully saturated rings. The number of aryl methyl sites for hydroxylation is 1. The molecule has 9 heteroatoms. The Labute approximate surface area is 193 Å². The number of rotatable bonds is 5. The van der Waals surface area contributed by atoms with Gasteiger partial charge in [0.1, 0.15) is 23.2 Å². The van der Waals surface area contributed by atoms with E-state index in [9.17, 15) is 4.79 Å². The largest absolute Gasteiger partial charge is 0.351 e. The number of amides is 1. The Morgan fingerprint density at radius 3 is 2.67 bits per heavy atom. The highest BCUT2D eigenvalue weighted by molar-refractivity contribution is 6.10. The average molecular weight is 447 g/mol. The smallest absolute Gasteiger partial charge is 0.260 e. The van der Waals surface area contributed by atoms with Crippen molar-refractivity contribution in [3.05, 3.63) is 46.9 Å². The summed E-state index contributed by atoms with van der Waals surface area (Å²) in [5, 5.41) is 8.48. The van der Waals surface area contributed by atoms with Crippen LogP contribution in [0.2, 0.25) is 0 Å². The second kappa shape index (κ2) is 7.91. The highest BCUT2D eigenvalue weighted by atomic mass is 16.2. The van der Waals surface area contributed by atoms with Crippen molar-refractivity contribution >= 4 is 17.5 Å². The molecule has 5 rings (SSSR count). The van der Waals surface area contributed by atoms with Crippen LogP contribution in [0, 0.1) is 6.92 Å². The second-order valence-corrected chi connectivity index (χ2v) is 9.31. The maximum Gasteiger partial charge on any atom is 0.260 e. The van der Waals surface area contributed by atoms with E-state index in [-0.39, 0.29) is 18.0 Å². The molecule has 0 unspecified atom stereocenters. The van der Waals surface area contributed by atoms with Gasteiger partial charge in [-0.1, -0.05) is 6.07 Å². The van der Waals surface area contributed by atoms with Crippen LogP contribution in [-0.4, -0.2) is 42.7 Å². The molecule has 1 saturated heterocycles. The SMILES string of the molecule is CCn1c(C)nnc1-c1cccc(N2Cc3c(cc(N4CCCC4(C)C)nc3CN)C2=O)n1. The number of aromatic nitrogens is 5. The molecule has 1 amide bonds. The Morgan fingerprint density at radius 2 is 1.97 bits per heavy atom. The van der Waals surface area contributed by atoms with Crippen molar-refractivity contribution in [3.8, 4) is 11.5 Å². The van der Waals surface area contributed by atoms with E-state index in [2.05, 4.69) is 28.9 Å². The quantitative estimate of drug-likeness (QED) is 0.642. The van der Waals surface area contributed by atoms with Crippen LogP contribution in [-0.2, 0) is 19.6 Å². The van der Waals surface area contributed by atoms with Crippen LogP contribution >= 0.6 is 0 Å². The van der Waals surface area contributed by atoms with Crippen LogP contribution in [0.1, 0.15) is 61.1 Å². The van der Waals surface area contributed by atoms with E-state index >= 15 is 0 Å². The van der Waals surface area contributed by atoms with E-state index < -0.39 is 0 Å². The van der Waals surface area contributed by atoms with Crippen LogP contribution in [0.4, 0.5) is 11.6 Å². The van der Waals surface area contributed by atoms with Gasteiger partial charge in [-0.3, -0.25) is 9.69 Å². The number of carbonyl (C=O) groups is 1. The zero-order valence-electron chi connectivity index (χ0n) is 19.7. The summed E-state index contributed by atoms with van der Waals surface area (Å²) >= 11 is 0. The normalized spacial score (nSPS) is 17.2. The molecule has 0 radical (unpaired) electrons. The zero-order valence-corrected chi connectivity index (χ0v) is 19.7. The highest BCUT2D eigenvalue weighted by Crippen LogP contribution is 2.37. The topological polar surface area (TPSA) is 106 Å². The van der Waals surface area contributed by atoms with Gasteiger partial charge >= 0.3 is 0 Å². The fourth-order valence-electron chi connectivity index (χ4n) is 5.02. The number of nitrogens with zero attached hydrogens (tertiary/aromatic N) is 7. The van der Waals surface area contributed by atoms with Crippen molar-refractivity contribution in [2.45, 2.75) is 65.7 Å². The number of anilines is 2. The molecule has 2 aliphatic heterocycles. The van der Waals surface area contributed by atoms with Crippen molar-refractivity contribution in [1.82, 2.24) is 24.7 Å². The lowest BCUT2D eigenvalue weighted by molar-refractivity contribution is 0.0996. The van der Waals surface area contributed by atoms with Gasteiger partial charge in [-0.2, -0.15) is 0 Å². The van der Waals surface area contributed by atoms with Crippen LogP contribution in [0.15, 0.2) is 24.3 Å². The maximum absolute atomic E-state index is 13.5. The Hall–Kier alpha value is -3.33. The second-order valence-electron chi connectivity index (χ2n) is 9.31. The average Bonchev–Trinajstić information content (AvgIpc) is 3.47. The fraction of sp³-hybridized carbons (Fsp3) is 0.458. The lowest BCUT2D eigenvalue weighted by Crippen LogP contribution is -2.39. The van der Waals surface area contributed by atoms with Crippen molar-refractivity contribution in [1.29, 1.82) is 0 Å². The van der Waals surface area contributed by atoms with Crippen molar-refractivity contribution in [2.75, 3.05) is 16.3 Å². The first-order valence-corrected chi connectivity index (χ1v) is 11.5. The van der Waals surface area contributed by atoms with E-state index in [0.29, 0.717) is 29.4 Å². The first-order chi connectivity index (χ1) is 15.8. The Kier molecular flexibility index (Phi) is 5.16. The lowest BCUT2D eigenvalue weighted by Gasteiger charge is -2.33. The standard InChI is InChI=1S/C24H30N8O/c1-5-30-15(2)28-29-22(30)18-8-6-9-20(26-18)31-14-17-16(23(31)33)12-21(27-19(17)13-25)32-11-7-10-24(32,3)4/h6,8-9,12H,5,7,10-11,13-14,25H2,1-4H3. The minimum absolute atomic E-state index is 0.0116. The predicted octanol–water partition coefficient (Wildman–Crippen LogP) is 3.06. The summed E-state index contributed by atoms with van der Waals surface area (Å²) in [5.41, 5.74) is 9.12. The summed E-state index contributed by atoms with van der Waals surface area (Å²) in [5.74, 6) is 2.88. The van der Waals surface area contributed by atoms with Crippen molar-refractivity contribution in [3.63, 3.8) is 0 Å².